The zero-order valence-electron chi connectivity index (χ0n) is 42.2. The second-order valence-corrected chi connectivity index (χ2v) is 21.9. The number of rotatable bonds is 10. The molecule has 1 saturated heterocycles. The van der Waals surface area contributed by atoms with E-state index in [1.54, 1.807) is 24.3 Å². The van der Waals surface area contributed by atoms with Crippen LogP contribution in [0.2, 0.25) is 0 Å². The predicted octanol–water partition coefficient (Wildman–Crippen LogP) is 11.8. The molecule has 5 aromatic carbocycles. The molecule has 10 nitrogen and oxygen atoms in total. The molecule has 3 aliphatic heterocycles. The summed E-state index contributed by atoms with van der Waals surface area (Å²) in [6, 6.07) is 32.7. The maximum Gasteiger partial charge on any atom is 0.161 e. The first kappa shape index (κ1) is 49.2. The molecule has 5 atom stereocenters. The maximum absolute atomic E-state index is 11.6. The van der Waals surface area contributed by atoms with Gasteiger partial charge in [-0.15, -0.1) is 0 Å². The van der Waals surface area contributed by atoms with Gasteiger partial charge in [0.2, 0.25) is 0 Å². The Balaban J connectivity index is 0.879. The van der Waals surface area contributed by atoms with Crippen LogP contribution in [0.5, 0.6) is 23.0 Å². The van der Waals surface area contributed by atoms with Crippen molar-refractivity contribution >= 4 is 16.6 Å². The van der Waals surface area contributed by atoms with E-state index in [0.29, 0.717) is 44.0 Å². The van der Waals surface area contributed by atoms with Crippen LogP contribution in [0.4, 0.5) is 0 Å². The zero-order chi connectivity index (χ0) is 49.9. The Kier molecular flexibility index (Phi) is 14.4. The highest BCUT2D eigenvalue weighted by molar-refractivity contribution is 5.88. The van der Waals surface area contributed by atoms with Crippen LogP contribution in [0.25, 0.3) is 16.6 Å². The summed E-state index contributed by atoms with van der Waals surface area (Å²) in [5.41, 5.74) is 16.5. The van der Waals surface area contributed by atoms with E-state index in [4.69, 9.17) is 19.9 Å². The summed E-state index contributed by atoms with van der Waals surface area (Å²) in [4.78, 5) is 0. The minimum Gasteiger partial charge on any atom is -0.508 e. The van der Waals surface area contributed by atoms with Crippen molar-refractivity contribution in [2.24, 2.45) is 11.7 Å². The highest BCUT2D eigenvalue weighted by Gasteiger charge is 2.58. The van der Waals surface area contributed by atoms with Gasteiger partial charge in [0.1, 0.15) is 23.9 Å². The largest absolute Gasteiger partial charge is 0.508 e. The molecule has 1 unspecified atom stereocenters. The number of fused-ring (bicyclic) bond motifs is 8. The van der Waals surface area contributed by atoms with Gasteiger partial charge in [0.05, 0.1) is 30.6 Å². The molecule has 6 aromatic rings. The van der Waals surface area contributed by atoms with Crippen LogP contribution in [0.15, 0.2) is 127 Å². The first-order valence-corrected chi connectivity index (χ1v) is 27.3. The molecular formula is C63H73N3O7. The zero-order valence-corrected chi connectivity index (χ0v) is 42.2. The number of unbranched alkanes of at least 4 members (excludes halogenated alkanes) is 3. The van der Waals surface area contributed by atoms with Gasteiger partial charge in [0.15, 0.2) is 11.5 Å². The molecule has 1 saturated carbocycles. The van der Waals surface area contributed by atoms with Gasteiger partial charge in [-0.05, 0) is 158 Å². The normalized spacial score (nSPS) is 24.0. The SMILES string of the molecule is NC1C=CC2=C(N1)n1cc3cc([C@@]45CCOC6(CCCCC6)[C@H]4CCc4ccccc45)cc(c3c1)COc1cc(ccc1O)CC[C@@H](O)C[C@H](CCCCCCc1ccc(O)c(Cc3cccc(O)c3)c1)OC2. The molecule has 4 bridgehead atoms. The first-order valence-electron chi connectivity index (χ1n) is 27.3. The van der Waals surface area contributed by atoms with Gasteiger partial charge in [-0.25, -0.2) is 0 Å². The van der Waals surface area contributed by atoms with Crippen LogP contribution >= 0.6 is 0 Å². The molecule has 4 heterocycles. The quantitative estimate of drug-likeness (QED) is 0.0737. The van der Waals surface area contributed by atoms with Crippen LogP contribution in [0.1, 0.15) is 134 Å². The number of hydrogen-bond acceptors (Lipinski definition) is 9. The molecule has 1 spiro atoms. The van der Waals surface area contributed by atoms with Crippen LogP contribution in [-0.2, 0) is 47.2 Å². The summed E-state index contributed by atoms with van der Waals surface area (Å²) in [6.07, 6.45) is 24.4. The molecule has 5 aliphatic rings. The van der Waals surface area contributed by atoms with Crippen molar-refractivity contribution < 1.29 is 34.6 Å². The summed E-state index contributed by atoms with van der Waals surface area (Å²) in [6.45, 7) is 1.35. The van der Waals surface area contributed by atoms with Crippen molar-refractivity contribution in [3.63, 3.8) is 0 Å². The number of nitrogens with two attached hydrogens (primary N) is 1. The lowest BCUT2D eigenvalue weighted by molar-refractivity contribution is -0.166. The standard InChI is InChI=1S/C63H73N3O7/c64-60-26-21-46-40-71-53(15-5-2-1-4-11-42-18-23-56(69)47(31-42)32-44-12-10-14-51(67)33-44)37-52(68)22-17-43-19-24-57(70)58(34-43)72-41-49-36-50(35-48-38-66(39-54(48)49)61(46)65-60)63-29-30-73-62(27-8-3-9-28-62)59(63)25-20-45-13-6-7-16-55(45)63/h6-7,10,12-14,16,18-19,21,23-24,26,31,33-36,38-39,52-53,59-60,65,67-70H,1-5,8-9,11,15,17,20,22,25,27-30,32,37,40-41,64H2/t52-,53+,59-,60?,63-/m1/s1. The van der Waals surface area contributed by atoms with E-state index in [2.05, 4.69) is 70.8 Å². The molecule has 2 aliphatic carbocycles. The van der Waals surface area contributed by atoms with Gasteiger partial charge >= 0.3 is 0 Å². The fraction of sp³-hybridized carbons (Fsp3) is 0.429. The number of aryl methyl sites for hydroxylation is 3. The number of aliphatic hydroxyl groups excluding tert-OH is 1. The third kappa shape index (κ3) is 10.4. The summed E-state index contributed by atoms with van der Waals surface area (Å²) >= 11 is 0. The molecule has 382 valence electrons. The van der Waals surface area contributed by atoms with E-state index in [9.17, 15) is 20.4 Å². The number of benzene rings is 5. The highest BCUT2D eigenvalue weighted by atomic mass is 16.5. The summed E-state index contributed by atoms with van der Waals surface area (Å²) in [5.74, 6) is 2.24. The van der Waals surface area contributed by atoms with Gasteiger partial charge in [-0.1, -0.05) is 105 Å². The third-order valence-corrected chi connectivity index (χ3v) is 17.1. The van der Waals surface area contributed by atoms with Gasteiger partial charge < -0.3 is 50.3 Å². The summed E-state index contributed by atoms with van der Waals surface area (Å²) in [7, 11) is 0. The van der Waals surface area contributed by atoms with Gasteiger partial charge in [0.25, 0.3) is 0 Å². The monoisotopic (exact) mass is 984 g/mol. The molecule has 10 heteroatoms. The molecule has 1 aromatic heterocycles. The van der Waals surface area contributed by atoms with Crippen molar-refractivity contribution in [2.75, 3.05) is 13.2 Å². The second kappa shape index (κ2) is 21.4. The van der Waals surface area contributed by atoms with Crippen molar-refractivity contribution in [3.8, 4) is 23.0 Å². The molecule has 0 radical (unpaired) electrons. The Labute approximate surface area is 430 Å². The Morgan fingerprint density at radius 3 is 2.51 bits per heavy atom. The number of dihydropyridines is 1. The lowest BCUT2D eigenvalue weighted by Crippen LogP contribution is -2.59. The number of hydrogen-bond donors (Lipinski definition) is 6. The highest BCUT2D eigenvalue weighted by Crippen LogP contribution is 2.59. The first-order chi connectivity index (χ1) is 35.6. The van der Waals surface area contributed by atoms with Crippen molar-refractivity contribution in [3.05, 3.63) is 172 Å². The predicted molar refractivity (Wildman–Crippen MR) is 288 cm³/mol. The van der Waals surface area contributed by atoms with Gasteiger partial charge in [0, 0.05) is 53.1 Å². The average molecular weight is 984 g/mol. The lowest BCUT2D eigenvalue weighted by atomic mass is 9.51. The minimum atomic E-state index is -0.582. The fourth-order valence-electron chi connectivity index (χ4n) is 13.5. The Morgan fingerprint density at radius 2 is 1.62 bits per heavy atom. The topological polar surface area (TPSA) is 152 Å². The molecule has 2 fully saturated rings. The number of phenols is 3. The van der Waals surface area contributed by atoms with E-state index in [-0.39, 0.29) is 47.1 Å². The summed E-state index contributed by atoms with van der Waals surface area (Å²) < 4.78 is 22.7. The van der Waals surface area contributed by atoms with Crippen LogP contribution in [0, 0.1) is 5.92 Å². The van der Waals surface area contributed by atoms with Crippen LogP contribution in [0.3, 0.4) is 0 Å². The average Bonchev–Trinajstić information content (AvgIpc) is 3.84. The van der Waals surface area contributed by atoms with E-state index in [1.807, 2.05) is 36.4 Å². The van der Waals surface area contributed by atoms with Crippen LogP contribution < -0.4 is 15.8 Å². The fourth-order valence-corrected chi connectivity index (χ4v) is 13.5. The molecular weight excluding hydrogens is 911 g/mol. The molecule has 73 heavy (non-hydrogen) atoms. The molecule has 7 N–H and O–H groups in total. The van der Waals surface area contributed by atoms with E-state index < -0.39 is 6.10 Å². The number of nitrogens with zero attached hydrogens (tertiary/aromatic N) is 1. The second-order valence-electron chi connectivity index (χ2n) is 21.9. The van der Waals surface area contributed by atoms with Crippen LogP contribution in [-0.4, -0.2) is 62.2 Å². The lowest BCUT2D eigenvalue weighted by Gasteiger charge is -2.59. The third-order valence-electron chi connectivity index (χ3n) is 17.1. The number of aliphatic hydroxyl groups is 1. The maximum atomic E-state index is 11.6. The van der Waals surface area contributed by atoms with E-state index in [1.165, 1.54) is 41.5 Å². The van der Waals surface area contributed by atoms with Crippen molar-refractivity contribution in [1.82, 2.24) is 9.88 Å². The molecule has 0 amide bonds. The Bertz CT molecular complexity index is 2980. The number of aromatic nitrogens is 1. The smallest absolute Gasteiger partial charge is 0.161 e. The Hall–Kier alpha value is -6.04. The van der Waals surface area contributed by atoms with Crippen molar-refractivity contribution in [2.45, 2.75) is 152 Å². The number of phenolic OH excluding ortho intramolecular Hbond substituents is 3. The van der Waals surface area contributed by atoms with Gasteiger partial charge in [-0.3, -0.25) is 0 Å². The minimum absolute atomic E-state index is 0.0976. The summed E-state index contributed by atoms with van der Waals surface area (Å²) in [5, 5.41) is 49.2. The number of ether oxygens (including phenoxy) is 3. The van der Waals surface area contributed by atoms with E-state index in [0.717, 1.165) is 122 Å². The Morgan fingerprint density at radius 1 is 0.753 bits per heavy atom. The van der Waals surface area contributed by atoms with Crippen molar-refractivity contribution in [1.29, 1.82) is 0 Å². The number of aromatic hydroxyl groups is 3. The van der Waals surface area contributed by atoms with Gasteiger partial charge in [-0.2, -0.15) is 0 Å². The molecule has 11 rings (SSSR count). The van der Waals surface area contributed by atoms with E-state index >= 15 is 0 Å². The number of nitrogens with one attached hydrogen (secondary N) is 1.